The normalized spacial score (nSPS) is 10.9. The molecule has 0 aliphatic heterocycles. The van der Waals surface area contributed by atoms with Crippen molar-refractivity contribution in [3.05, 3.63) is 11.9 Å². The van der Waals surface area contributed by atoms with E-state index in [0.29, 0.717) is 5.69 Å². The highest BCUT2D eigenvalue weighted by molar-refractivity contribution is 5.94. The van der Waals surface area contributed by atoms with E-state index in [1.54, 1.807) is 13.2 Å². The van der Waals surface area contributed by atoms with Gasteiger partial charge in [0.25, 0.3) is 0 Å². The van der Waals surface area contributed by atoms with Crippen molar-refractivity contribution in [3.63, 3.8) is 0 Å². The monoisotopic (exact) mass is 199 g/mol. The maximum atomic E-state index is 11.5. The molecule has 1 heterocycles. The van der Waals surface area contributed by atoms with E-state index in [1.807, 2.05) is 0 Å². The Morgan fingerprint density at radius 2 is 2.21 bits per heavy atom. The molecule has 78 valence electrons. The van der Waals surface area contributed by atoms with Gasteiger partial charge in [-0.25, -0.2) is 0 Å². The van der Waals surface area contributed by atoms with E-state index < -0.39 is 6.29 Å². The molecule has 0 bridgehead atoms. The van der Waals surface area contributed by atoms with E-state index in [2.05, 4.69) is 10.3 Å². The summed E-state index contributed by atoms with van der Waals surface area (Å²) in [6.07, 6.45) is 1.18. The molecule has 1 aromatic rings. The van der Waals surface area contributed by atoms with E-state index >= 15 is 0 Å². The quantitative estimate of drug-likeness (QED) is 0.493. The average molecular weight is 199 g/mol. The number of nitrogens with zero attached hydrogens (tertiary/aromatic N) is 3. The lowest BCUT2D eigenvalue weighted by Gasteiger charge is -2.10. The van der Waals surface area contributed by atoms with E-state index in [-0.39, 0.29) is 12.2 Å². The fraction of sp³-hybridized carbons (Fsp3) is 0.625. The molecule has 0 saturated carbocycles. The zero-order valence-electron chi connectivity index (χ0n) is 8.43. The van der Waals surface area contributed by atoms with Crippen LogP contribution in [0.4, 0.5) is 0 Å². The minimum Gasteiger partial charge on any atom is -0.355 e. The highest BCUT2D eigenvalue weighted by Crippen LogP contribution is 2.04. The number of Topliss-reactive ketones (excluding diaryl/α,β-unsaturated/α-hetero) is 1. The average Bonchev–Trinajstić information content (AvgIpc) is 2.61. The number of carbonyl (C=O) groups excluding carboxylic acids is 1. The largest absolute Gasteiger partial charge is 0.355 e. The molecule has 0 atom stereocenters. The standard InChI is InChI=1S/C8H13N3O3/c1-11-5-6(9-10-11)7(12)4-8(13-2)14-3/h5,8H,4H2,1-3H3. The molecule has 0 aliphatic carbocycles. The summed E-state index contributed by atoms with van der Waals surface area (Å²) >= 11 is 0. The molecule has 0 fully saturated rings. The van der Waals surface area contributed by atoms with Crippen molar-refractivity contribution in [3.8, 4) is 0 Å². The zero-order valence-corrected chi connectivity index (χ0v) is 8.43. The molecular formula is C8H13N3O3. The topological polar surface area (TPSA) is 66.2 Å². The summed E-state index contributed by atoms with van der Waals surface area (Å²) in [5.74, 6) is -0.146. The summed E-state index contributed by atoms with van der Waals surface area (Å²) in [4.78, 5) is 11.5. The van der Waals surface area contributed by atoms with Crippen LogP contribution in [0.3, 0.4) is 0 Å². The second kappa shape index (κ2) is 4.83. The third kappa shape index (κ3) is 2.61. The Morgan fingerprint density at radius 3 is 2.64 bits per heavy atom. The number of ketones is 1. The third-order valence-corrected chi connectivity index (χ3v) is 1.77. The van der Waals surface area contributed by atoms with Gasteiger partial charge in [-0.05, 0) is 0 Å². The number of hydrogen-bond donors (Lipinski definition) is 0. The smallest absolute Gasteiger partial charge is 0.189 e. The Kier molecular flexibility index (Phi) is 3.73. The van der Waals surface area contributed by atoms with Gasteiger partial charge in [0, 0.05) is 21.3 Å². The van der Waals surface area contributed by atoms with Crippen molar-refractivity contribution >= 4 is 5.78 Å². The number of aryl methyl sites for hydroxylation is 1. The maximum absolute atomic E-state index is 11.5. The molecule has 1 aromatic heterocycles. The highest BCUT2D eigenvalue weighted by atomic mass is 16.7. The van der Waals surface area contributed by atoms with E-state index in [9.17, 15) is 4.79 Å². The number of hydrogen-bond acceptors (Lipinski definition) is 5. The number of aromatic nitrogens is 3. The summed E-state index contributed by atoms with van der Waals surface area (Å²) in [5.41, 5.74) is 0.326. The lowest BCUT2D eigenvalue weighted by atomic mass is 10.2. The van der Waals surface area contributed by atoms with Crippen molar-refractivity contribution in [2.45, 2.75) is 12.7 Å². The molecule has 0 amide bonds. The molecule has 0 N–H and O–H groups in total. The van der Waals surface area contributed by atoms with Gasteiger partial charge in [-0.3, -0.25) is 9.48 Å². The van der Waals surface area contributed by atoms with Crippen molar-refractivity contribution < 1.29 is 14.3 Å². The van der Waals surface area contributed by atoms with Gasteiger partial charge in [0.15, 0.2) is 12.1 Å². The van der Waals surface area contributed by atoms with Crippen LogP contribution in [0, 0.1) is 0 Å². The van der Waals surface area contributed by atoms with E-state index in [4.69, 9.17) is 9.47 Å². The maximum Gasteiger partial charge on any atom is 0.189 e. The minimum atomic E-state index is -0.524. The molecule has 0 aromatic carbocycles. The van der Waals surface area contributed by atoms with Gasteiger partial charge >= 0.3 is 0 Å². The van der Waals surface area contributed by atoms with Crippen LogP contribution in [-0.2, 0) is 16.5 Å². The van der Waals surface area contributed by atoms with Crippen LogP contribution in [0.15, 0.2) is 6.20 Å². The molecule has 0 saturated heterocycles. The van der Waals surface area contributed by atoms with Crippen molar-refractivity contribution in [1.82, 2.24) is 15.0 Å². The second-order valence-corrected chi connectivity index (χ2v) is 2.81. The molecule has 6 heteroatoms. The van der Waals surface area contributed by atoms with Crippen LogP contribution in [0.5, 0.6) is 0 Å². The first-order valence-electron chi connectivity index (χ1n) is 4.12. The lowest BCUT2D eigenvalue weighted by molar-refractivity contribution is -0.0993. The molecular weight excluding hydrogens is 186 g/mol. The number of ether oxygens (including phenoxy) is 2. The first kappa shape index (κ1) is 10.8. The second-order valence-electron chi connectivity index (χ2n) is 2.81. The number of methoxy groups -OCH3 is 2. The van der Waals surface area contributed by atoms with E-state index in [0.717, 1.165) is 0 Å². The van der Waals surface area contributed by atoms with Crippen molar-refractivity contribution in [2.24, 2.45) is 7.05 Å². The molecule has 0 aliphatic rings. The first-order chi connectivity index (χ1) is 6.67. The first-order valence-corrected chi connectivity index (χ1v) is 4.12. The molecule has 0 spiro atoms. The lowest BCUT2D eigenvalue weighted by Crippen LogP contribution is -2.18. The van der Waals surface area contributed by atoms with Gasteiger partial charge in [0.1, 0.15) is 5.69 Å². The SMILES string of the molecule is COC(CC(=O)c1cn(C)nn1)OC. The molecule has 0 unspecified atom stereocenters. The van der Waals surface area contributed by atoms with Crippen molar-refractivity contribution in [2.75, 3.05) is 14.2 Å². The zero-order chi connectivity index (χ0) is 10.6. The molecule has 0 radical (unpaired) electrons. The Morgan fingerprint density at radius 1 is 1.57 bits per heavy atom. The summed E-state index contributed by atoms with van der Waals surface area (Å²) in [6.45, 7) is 0. The molecule has 14 heavy (non-hydrogen) atoms. The summed E-state index contributed by atoms with van der Waals surface area (Å²) in [6, 6.07) is 0. The van der Waals surface area contributed by atoms with Gasteiger partial charge in [-0.2, -0.15) is 0 Å². The van der Waals surface area contributed by atoms with E-state index in [1.165, 1.54) is 18.9 Å². The van der Waals surface area contributed by atoms with Gasteiger partial charge < -0.3 is 9.47 Å². The summed E-state index contributed by atoms with van der Waals surface area (Å²) in [7, 11) is 4.67. The Labute approximate surface area is 81.8 Å². The Bertz CT molecular complexity index is 307. The molecule has 6 nitrogen and oxygen atoms in total. The predicted molar refractivity (Wildman–Crippen MR) is 47.8 cm³/mol. The fourth-order valence-electron chi connectivity index (χ4n) is 0.994. The van der Waals surface area contributed by atoms with Crippen LogP contribution in [0.25, 0.3) is 0 Å². The van der Waals surface area contributed by atoms with Gasteiger partial charge in [-0.15, -0.1) is 5.10 Å². The van der Waals surface area contributed by atoms with Crippen LogP contribution in [0.1, 0.15) is 16.9 Å². The van der Waals surface area contributed by atoms with Crippen LogP contribution in [-0.4, -0.2) is 41.3 Å². The van der Waals surface area contributed by atoms with Crippen LogP contribution < -0.4 is 0 Å². The molecule has 1 rings (SSSR count). The van der Waals surface area contributed by atoms with Gasteiger partial charge in [0.05, 0.1) is 12.6 Å². The Balaban J connectivity index is 2.58. The number of rotatable bonds is 5. The van der Waals surface area contributed by atoms with Gasteiger partial charge in [-0.1, -0.05) is 5.21 Å². The fourth-order valence-corrected chi connectivity index (χ4v) is 0.994. The van der Waals surface area contributed by atoms with Crippen molar-refractivity contribution in [1.29, 1.82) is 0 Å². The third-order valence-electron chi connectivity index (χ3n) is 1.77. The number of carbonyl (C=O) groups is 1. The highest BCUT2D eigenvalue weighted by Gasteiger charge is 2.16. The summed E-state index contributed by atoms with van der Waals surface area (Å²) in [5, 5.41) is 7.35. The van der Waals surface area contributed by atoms with Gasteiger partial charge in [0.2, 0.25) is 0 Å². The van der Waals surface area contributed by atoms with Crippen LogP contribution in [0.2, 0.25) is 0 Å². The minimum absolute atomic E-state index is 0.145. The van der Waals surface area contributed by atoms with Crippen LogP contribution >= 0.6 is 0 Å². The summed E-state index contributed by atoms with van der Waals surface area (Å²) < 4.78 is 11.3. The predicted octanol–water partition coefficient (Wildman–Crippen LogP) is 0.00680. The Hall–Kier alpha value is -1.27.